The summed E-state index contributed by atoms with van der Waals surface area (Å²) < 4.78 is 15.7. The Labute approximate surface area is 181 Å². The zero-order valence-corrected chi connectivity index (χ0v) is 17.9. The van der Waals surface area contributed by atoms with E-state index in [2.05, 4.69) is 5.32 Å². The van der Waals surface area contributed by atoms with Crippen LogP contribution in [0.1, 0.15) is 27.0 Å². The van der Waals surface area contributed by atoms with Gasteiger partial charge in [-0.2, -0.15) is 0 Å². The lowest BCUT2D eigenvalue weighted by molar-refractivity contribution is -0.151. The van der Waals surface area contributed by atoms with E-state index in [1.165, 1.54) is 0 Å². The van der Waals surface area contributed by atoms with Gasteiger partial charge in [-0.05, 0) is 48.7 Å². The Balaban J connectivity index is 1.48. The second kappa shape index (κ2) is 9.97. The van der Waals surface area contributed by atoms with Crippen LogP contribution in [0, 0.1) is 6.92 Å². The zero-order chi connectivity index (χ0) is 22.4. The van der Waals surface area contributed by atoms with Crippen LogP contribution >= 0.6 is 0 Å². The van der Waals surface area contributed by atoms with Crippen LogP contribution < -0.4 is 14.8 Å². The lowest BCUT2D eigenvalue weighted by Crippen LogP contribution is -2.39. The summed E-state index contributed by atoms with van der Waals surface area (Å²) in [4.78, 5) is 38.1. The SMILES string of the molecule is COc1cc2c(cc1OC)CN(C(=O)COC(=O)CNC(=O)c1ccc(C)cc1)CC2. The van der Waals surface area contributed by atoms with Gasteiger partial charge in [0, 0.05) is 18.7 Å². The van der Waals surface area contributed by atoms with E-state index < -0.39 is 5.97 Å². The molecule has 0 spiro atoms. The molecule has 0 aromatic heterocycles. The van der Waals surface area contributed by atoms with Gasteiger partial charge in [-0.25, -0.2) is 0 Å². The maximum atomic E-state index is 12.5. The molecule has 0 fully saturated rings. The second-order valence-corrected chi connectivity index (χ2v) is 7.25. The molecule has 1 aliphatic heterocycles. The Hall–Kier alpha value is -3.55. The number of amides is 2. The Morgan fingerprint density at radius 1 is 1.00 bits per heavy atom. The van der Waals surface area contributed by atoms with Crippen LogP contribution in [0.3, 0.4) is 0 Å². The summed E-state index contributed by atoms with van der Waals surface area (Å²) in [5, 5.41) is 2.49. The molecule has 2 aromatic rings. The maximum Gasteiger partial charge on any atom is 0.325 e. The molecule has 0 saturated heterocycles. The van der Waals surface area contributed by atoms with Gasteiger partial charge in [0.1, 0.15) is 6.54 Å². The van der Waals surface area contributed by atoms with Gasteiger partial charge in [-0.15, -0.1) is 0 Å². The normalized spacial score (nSPS) is 12.5. The van der Waals surface area contributed by atoms with Crippen LogP contribution in [-0.4, -0.2) is 56.6 Å². The molecular formula is C23H26N2O6. The lowest BCUT2D eigenvalue weighted by Gasteiger charge is -2.29. The summed E-state index contributed by atoms with van der Waals surface area (Å²) in [6.07, 6.45) is 0.669. The third-order valence-electron chi connectivity index (χ3n) is 5.13. The highest BCUT2D eigenvalue weighted by atomic mass is 16.5. The molecule has 1 aliphatic rings. The summed E-state index contributed by atoms with van der Waals surface area (Å²) >= 11 is 0. The third-order valence-corrected chi connectivity index (χ3v) is 5.13. The molecular weight excluding hydrogens is 400 g/mol. The number of ether oxygens (including phenoxy) is 3. The van der Waals surface area contributed by atoms with E-state index >= 15 is 0 Å². The maximum absolute atomic E-state index is 12.5. The van der Waals surface area contributed by atoms with E-state index in [1.54, 1.807) is 31.3 Å². The molecule has 0 radical (unpaired) electrons. The molecule has 0 aliphatic carbocycles. The highest BCUT2D eigenvalue weighted by molar-refractivity contribution is 5.96. The number of benzene rings is 2. The molecule has 8 nitrogen and oxygen atoms in total. The summed E-state index contributed by atoms with van der Waals surface area (Å²) in [5.74, 6) is -0.0782. The van der Waals surface area contributed by atoms with Crippen molar-refractivity contribution in [3.63, 3.8) is 0 Å². The quantitative estimate of drug-likeness (QED) is 0.680. The fourth-order valence-corrected chi connectivity index (χ4v) is 3.34. The number of carbonyl (C=O) groups excluding carboxylic acids is 3. The molecule has 1 heterocycles. The number of nitrogens with zero attached hydrogens (tertiary/aromatic N) is 1. The van der Waals surface area contributed by atoms with E-state index in [-0.39, 0.29) is 25.0 Å². The summed E-state index contributed by atoms with van der Waals surface area (Å²) in [6, 6.07) is 10.8. The van der Waals surface area contributed by atoms with E-state index in [1.807, 2.05) is 31.2 Å². The first-order valence-corrected chi connectivity index (χ1v) is 9.93. The molecule has 3 rings (SSSR count). The zero-order valence-electron chi connectivity index (χ0n) is 17.9. The second-order valence-electron chi connectivity index (χ2n) is 7.25. The smallest absolute Gasteiger partial charge is 0.325 e. The topological polar surface area (TPSA) is 94.2 Å². The number of nitrogens with one attached hydrogen (secondary N) is 1. The molecule has 31 heavy (non-hydrogen) atoms. The summed E-state index contributed by atoms with van der Waals surface area (Å²) in [7, 11) is 3.15. The van der Waals surface area contributed by atoms with Gasteiger partial charge in [0.25, 0.3) is 11.8 Å². The third kappa shape index (κ3) is 5.53. The van der Waals surface area contributed by atoms with Crippen molar-refractivity contribution in [3.05, 3.63) is 58.7 Å². The Morgan fingerprint density at radius 3 is 2.29 bits per heavy atom. The van der Waals surface area contributed by atoms with Crippen molar-refractivity contribution in [1.82, 2.24) is 10.2 Å². The average molecular weight is 426 g/mol. The molecule has 0 bridgehead atoms. The highest BCUT2D eigenvalue weighted by Crippen LogP contribution is 2.33. The lowest BCUT2D eigenvalue weighted by atomic mass is 9.99. The summed E-state index contributed by atoms with van der Waals surface area (Å²) in [5.41, 5.74) is 3.55. The van der Waals surface area contributed by atoms with Crippen LogP contribution in [0.15, 0.2) is 36.4 Å². The van der Waals surface area contributed by atoms with Crippen LogP contribution in [-0.2, 0) is 27.3 Å². The van der Waals surface area contributed by atoms with Crippen molar-refractivity contribution in [2.45, 2.75) is 19.9 Å². The van der Waals surface area contributed by atoms with Crippen LogP contribution in [0.25, 0.3) is 0 Å². The number of esters is 1. The first-order chi connectivity index (χ1) is 14.9. The minimum absolute atomic E-state index is 0.293. The van der Waals surface area contributed by atoms with Crippen LogP contribution in [0.5, 0.6) is 11.5 Å². The minimum Gasteiger partial charge on any atom is -0.493 e. The molecule has 2 amide bonds. The van der Waals surface area contributed by atoms with E-state index in [9.17, 15) is 14.4 Å². The molecule has 0 atom stereocenters. The van der Waals surface area contributed by atoms with Gasteiger partial charge in [0.05, 0.1) is 14.2 Å². The number of fused-ring (bicyclic) bond motifs is 1. The van der Waals surface area contributed by atoms with Crippen molar-refractivity contribution < 1.29 is 28.6 Å². The predicted octanol–water partition coefficient (Wildman–Crippen LogP) is 1.87. The number of hydrogen-bond donors (Lipinski definition) is 1. The van der Waals surface area contributed by atoms with E-state index in [4.69, 9.17) is 14.2 Å². The van der Waals surface area contributed by atoms with Crippen LogP contribution in [0.4, 0.5) is 0 Å². The number of methoxy groups -OCH3 is 2. The molecule has 2 aromatic carbocycles. The number of hydrogen-bond acceptors (Lipinski definition) is 6. The van der Waals surface area contributed by atoms with Crippen LogP contribution in [0.2, 0.25) is 0 Å². The molecule has 1 N–H and O–H groups in total. The van der Waals surface area contributed by atoms with Gasteiger partial charge in [0.15, 0.2) is 18.1 Å². The number of aryl methyl sites for hydroxylation is 1. The van der Waals surface area contributed by atoms with Gasteiger partial charge in [-0.1, -0.05) is 17.7 Å². The van der Waals surface area contributed by atoms with Crippen molar-refractivity contribution in [2.75, 3.05) is 33.9 Å². The highest BCUT2D eigenvalue weighted by Gasteiger charge is 2.23. The Bertz CT molecular complexity index is 971. The Kier molecular flexibility index (Phi) is 7.12. The van der Waals surface area contributed by atoms with Gasteiger partial charge < -0.3 is 24.4 Å². The van der Waals surface area contributed by atoms with Gasteiger partial charge in [-0.3, -0.25) is 14.4 Å². The predicted molar refractivity (Wildman–Crippen MR) is 113 cm³/mol. The van der Waals surface area contributed by atoms with Gasteiger partial charge in [0.2, 0.25) is 0 Å². The standard InChI is InChI=1S/C23H26N2O6/c1-15-4-6-16(7-5-15)23(28)24-12-22(27)31-14-21(26)25-9-8-17-10-19(29-2)20(30-3)11-18(17)13-25/h4-7,10-11H,8-9,12-14H2,1-3H3,(H,24,28). The van der Waals surface area contributed by atoms with E-state index in [0.717, 1.165) is 16.7 Å². The van der Waals surface area contributed by atoms with Crippen molar-refractivity contribution in [1.29, 1.82) is 0 Å². The van der Waals surface area contributed by atoms with Crippen molar-refractivity contribution in [2.24, 2.45) is 0 Å². The van der Waals surface area contributed by atoms with Gasteiger partial charge >= 0.3 is 5.97 Å². The number of rotatable bonds is 7. The number of carbonyl (C=O) groups is 3. The fourth-order valence-electron chi connectivity index (χ4n) is 3.34. The summed E-state index contributed by atoms with van der Waals surface area (Å²) in [6.45, 7) is 2.16. The Morgan fingerprint density at radius 2 is 1.65 bits per heavy atom. The largest absolute Gasteiger partial charge is 0.493 e. The molecule has 0 saturated carbocycles. The average Bonchev–Trinajstić information content (AvgIpc) is 2.79. The first-order valence-electron chi connectivity index (χ1n) is 9.93. The fraction of sp³-hybridized carbons (Fsp3) is 0.348. The van der Waals surface area contributed by atoms with Crippen molar-refractivity contribution in [3.8, 4) is 11.5 Å². The van der Waals surface area contributed by atoms with Crippen molar-refractivity contribution >= 4 is 17.8 Å². The molecule has 164 valence electrons. The molecule has 8 heteroatoms. The first kappa shape index (κ1) is 22.1. The molecule has 0 unspecified atom stereocenters. The van der Waals surface area contributed by atoms with E-state index in [0.29, 0.717) is 36.6 Å². The monoisotopic (exact) mass is 426 g/mol. The minimum atomic E-state index is -0.669.